The van der Waals surface area contributed by atoms with Crippen molar-refractivity contribution in [3.05, 3.63) is 60.6 Å². The summed E-state index contributed by atoms with van der Waals surface area (Å²) in [6.07, 6.45) is 1.81. The number of ether oxygens (including phenoxy) is 1. The predicted octanol–water partition coefficient (Wildman–Crippen LogP) is 3.40. The van der Waals surface area contributed by atoms with Gasteiger partial charge in [-0.15, -0.1) is 0 Å². The largest absolute Gasteiger partial charge is 0.379 e. The van der Waals surface area contributed by atoms with Gasteiger partial charge >= 0.3 is 0 Å². The quantitative estimate of drug-likeness (QED) is 0.471. The number of aromatic nitrogens is 6. The van der Waals surface area contributed by atoms with Crippen LogP contribution < -0.4 is 0 Å². The number of nitrogens with one attached hydrogen (secondary N) is 2. The zero-order chi connectivity index (χ0) is 20.6. The maximum Gasteiger partial charge on any atom is 0.181 e. The second kappa shape index (κ2) is 7.57. The van der Waals surface area contributed by atoms with Crippen LogP contribution in [0.4, 0.5) is 0 Å². The summed E-state index contributed by atoms with van der Waals surface area (Å²) in [6, 6.07) is 16.4. The number of nitrogens with zero attached hydrogens (tertiary/aromatic N) is 5. The molecule has 0 saturated carbocycles. The van der Waals surface area contributed by atoms with Gasteiger partial charge in [-0.3, -0.25) is 20.1 Å². The van der Waals surface area contributed by atoms with E-state index in [9.17, 15) is 0 Å². The van der Waals surface area contributed by atoms with Crippen molar-refractivity contribution in [2.45, 2.75) is 6.54 Å². The first kappa shape index (κ1) is 18.2. The lowest BCUT2D eigenvalue weighted by Gasteiger charge is -2.25. The van der Waals surface area contributed by atoms with E-state index in [2.05, 4.69) is 54.5 Å². The molecular formula is C23H21N7O. The van der Waals surface area contributed by atoms with Crippen molar-refractivity contribution < 1.29 is 4.74 Å². The van der Waals surface area contributed by atoms with Crippen LogP contribution in [0.2, 0.25) is 0 Å². The van der Waals surface area contributed by atoms with E-state index in [1.807, 2.05) is 30.5 Å². The van der Waals surface area contributed by atoms with Gasteiger partial charge in [-0.1, -0.05) is 12.1 Å². The summed E-state index contributed by atoms with van der Waals surface area (Å²) in [5.41, 5.74) is 4.87. The van der Waals surface area contributed by atoms with Crippen LogP contribution >= 0.6 is 0 Å². The number of benzene rings is 2. The molecule has 0 unspecified atom stereocenters. The van der Waals surface area contributed by atoms with Crippen molar-refractivity contribution in [2.75, 3.05) is 26.3 Å². The molecule has 3 aromatic heterocycles. The van der Waals surface area contributed by atoms with E-state index in [1.54, 1.807) is 0 Å². The smallest absolute Gasteiger partial charge is 0.181 e. The maximum absolute atomic E-state index is 5.42. The third kappa shape index (κ3) is 3.45. The molecule has 0 radical (unpaired) electrons. The second-order valence-corrected chi connectivity index (χ2v) is 7.74. The van der Waals surface area contributed by atoms with Gasteiger partial charge in [0, 0.05) is 41.2 Å². The van der Waals surface area contributed by atoms with Gasteiger partial charge in [-0.05, 0) is 36.4 Å². The molecule has 0 atom stereocenters. The number of hydrogen-bond donors (Lipinski definition) is 2. The van der Waals surface area contributed by atoms with Crippen LogP contribution in [-0.4, -0.2) is 61.6 Å². The minimum absolute atomic E-state index is 0.694. The fraction of sp³-hybridized carbons (Fsp3) is 0.217. The highest BCUT2D eigenvalue weighted by atomic mass is 16.5. The Hall–Kier alpha value is -3.62. The Kier molecular flexibility index (Phi) is 4.44. The monoisotopic (exact) mass is 411 g/mol. The number of H-pyrrole nitrogens is 2. The molecule has 31 heavy (non-hydrogen) atoms. The number of rotatable bonds is 4. The normalized spacial score (nSPS) is 15.1. The van der Waals surface area contributed by atoms with Crippen molar-refractivity contribution in [3.63, 3.8) is 0 Å². The van der Waals surface area contributed by atoms with E-state index >= 15 is 0 Å². The minimum Gasteiger partial charge on any atom is -0.379 e. The van der Waals surface area contributed by atoms with Crippen molar-refractivity contribution in [1.29, 1.82) is 0 Å². The maximum atomic E-state index is 5.42. The van der Waals surface area contributed by atoms with Crippen molar-refractivity contribution in [3.8, 4) is 22.6 Å². The highest BCUT2D eigenvalue weighted by Crippen LogP contribution is 2.31. The average molecular weight is 411 g/mol. The Morgan fingerprint density at radius 3 is 2.77 bits per heavy atom. The van der Waals surface area contributed by atoms with Gasteiger partial charge in [0.15, 0.2) is 5.82 Å². The average Bonchev–Trinajstić information content (AvgIpc) is 3.46. The topological polar surface area (TPSA) is 95.6 Å². The Morgan fingerprint density at radius 1 is 0.935 bits per heavy atom. The third-order valence-electron chi connectivity index (χ3n) is 5.71. The van der Waals surface area contributed by atoms with Gasteiger partial charge in [-0.2, -0.15) is 10.2 Å². The lowest BCUT2D eigenvalue weighted by atomic mass is 10.0. The van der Waals surface area contributed by atoms with Gasteiger partial charge in [0.2, 0.25) is 0 Å². The minimum atomic E-state index is 0.694. The zero-order valence-electron chi connectivity index (χ0n) is 16.9. The van der Waals surface area contributed by atoms with E-state index < -0.39 is 0 Å². The molecule has 4 heterocycles. The third-order valence-corrected chi connectivity index (χ3v) is 5.71. The van der Waals surface area contributed by atoms with Gasteiger partial charge < -0.3 is 4.74 Å². The lowest BCUT2D eigenvalue weighted by Crippen LogP contribution is -2.35. The molecule has 6 rings (SSSR count). The van der Waals surface area contributed by atoms with Crippen molar-refractivity contribution >= 4 is 21.8 Å². The highest BCUT2D eigenvalue weighted by Gasteiger charge is 2.15. The molecule has 154 valence electrons. The van der Waals surface area contributed by atoms with Crippen LogP contribution in [0.5, 0.6) is 0 Å². The van der Waals surface area contributed by atoms with Crippen LogP contribution in [0.3, 0.4) is 0 Å². The molecule has 0 spiro atoms. The number of aromatic amines is 2. The molecule has 0 amide bonds. The molecule has 8 nitrogen and oxygen atoms in total. The van der Waals surface area contributed by atoms with Crippen LogP contribution in [-0.2, 0) is 11.3 Å². The Morgan fingerprint density at radius 2 is 1.84 bits per heavy atom. The molecule has 1 aliphatic heterocycles. The number of morpholine rings is 1. The summed E-state index contributed by atoms with van der Waals surface area (Å²) in [5, 5.41) is 17.4. The lowest BCUT2D eigenvalue weighted by molar-refractivity contribution is 0.0331. The van der Waals surface area contributed by atoms with Gasteiger partial charge in [0.05, 0.1) is 36.5 Å². The Balaban J connectivity index is 1.34. The summed E-state index contributed by atoms with van der Waals surface area (Å²) in [4.78, 5) is 11.4. The first-order chi connectivity index (χ1) is 15.3. The predicted molar refractivity (Wildman–Crippen MR) is 118 cm³/mol. The van der Waals surface area contributed by atoms with E-state index in [-0.39, 0.29) is 0 Å². The molecule has 5 aromatic rings. The molecule has 1 saturated heterocycles. The fourth-order valence-corrected chi connectivity index (χ4v) is 4.06. The van der Waals surface area contributed by atoms with Crippen LogP contribution in [0.25, 0.3) is 44.5 Å². The first-order valence-electron chi connectivity index (χ1n) is 10.4. The molecular weight excluding hydrogens is 390 g/mol. The first-order valence-corrected chi connectivity index (χ1v) is 10.4. The molecule has 8 heteroatoms. The van der Waals surface area contributed by atoms with Gasteiger partial charge in [-0.25, -0.2) is 4.98 Å². The summed E-state index contributed by atoms with van der Waals surface area (Å²) in [7, 11) is 0. The molecule has 2 aromatic carbocycles. The van der Waals surface area contributed by atoms with Crippen LogP contribution in [0.15, 0.2) is 54.7 Å². The van der Waals surface area contributed by atoms with Crippen LogP contribution in [0, 0.1) is 0 Å². The van der Waals surface area contributed by atoms with Crippen LogP contribution in [0.1, 0.15) is 5.82 Å². The molecule has 0 bridgehead atoms. The Labute approximate surface area is 178 Å². The SMILES string of the molecule is c1cnc2ccc(-c3n[nH]c4ccc(-c5n[nH]c(CN6CCOCC6)n5)cc34)cc2c1. The molecule has 2 N–H and O–H groups in total. The number of hydrogen-bond acceptors (Lipinski definition) is 6. The second-order valence-electron chi connectivity index (χ2n) is 7.74. The summed E-state index contributed by atoms with van der Waals surface area (Å²) < 4.78 is 5.42. The number of pyridine rings is 1. The zero-order valence-corrected chi connectivity index (χ0v) is 16.9. The Bertz CT molecular complexity index is 1370. The molecule has 0 aliphatic carbocycles. The molecule has 1 aliphatic rings. The van der Waals surface area contributed by atoms with E-state index in [0.717, 1.165) is 77.3 Å². The van der Waals surface area contributed by atoms with Crippen molar-refractivity contribution in [2.24, 2.45) is 0 Å². The van der Waals surface area contributed by atoms with Crippen molar-refractivity contribution in [1.82, 2.24) is 35.3 Å². The fourth-order valence-electron chi connectivity index (χ4n) is 4.06. The summed E-state index contributed by atoms with van der Waals surface area (Å²) in [5.74, 6) is 1.56. The van der Waals surface area contributed by atoms with Gasteiger partial charge in [0.1, 0.15) is 5.82 Å². The van der Waals surface area contributed by atoms with E-state index in [4.69, 9.17) is 9.72 Å². The van der Waals surface area contributed by atoms with E-state index in [0.29, 0.717) is 5.82 Å². The highest BCUT2D eigenvalue weighted by molar-refractivity contribution is 5.97. The summed E-state index contributed by atoms with van der Waals surface area (Å²) in [6.45, 7) is 4.13. The number of fused-ring (bicyclic) bond motifs is 2. The van der Waals surface area contributed by atoms with Gasteiger partial charge in [0.25, 0.3) is 0 Å². The standard InChI is InChI=1S/C23H21N7O/c1-2-15-12-16(3-5-19(15)24-7-1)22-18-13-17(4-6-20(18)26-28-22)23-25-21(27-29-23)14-30-8-10-31-11-9-30/h1-7,12-13H,8-11,14H2,(H,26,28)(H,25,27,29). The van der Waals surface area contributed by atoms with E-state index in [1.165, 1.54) is 0 Å². The molecule has 1 fully saturated rings. The summed E-state index contributed by atoms with van der Waals surface area (Å²) >= 11 is 0.